The van der Waals surface area contributed by atoms with Crippen LogP contribution in [0.15, 0.2) is 51.7 Å². The number of benzene rings is 2. The number of halogens is 1. The van der Waals surface area contributed by atoms with Crippen molar-refractivity contribution in [3.63, 3.8) is 0 Å². The quantitative estimate of drug-likeness (QED) is 0.768. The molecule has 4 nitrogen and oxygen atoms in total. The molecule has 3 aromatic rings. The van der Waals surface area contributed by atoms with Gasteiger partial charge in [0.2, 0.25) is 5.43 Å². The second-order valence-corrected chi connectivity index (χ2v) is 5.86. The molecule has 1 atom stereocenters. The highest BCUT2D eigenvalue weighted by Crippen LogP contribution is 2.36. The Bertz CT molecular complexity index is 954. The number of hydrogen-bond donors (Lipinski definition) is 1. The van der Waals surface area contributed by atoms with E-state index in [0.717, 1.165) is 12.8 Å². The molecule has 1 saturated heterocycles. The van der Waals surface area contributed by atoms with Crippen molar-refractivity contribution >= 4 is 11.0 Å². The van der Waals surface area contributed by atoms with Crippen molar-refractivity contribution in [2.24, 2.45) is 0 Å². The molecule has 0 aliphatic carbocycles. The fraction of sp³-hybridized carbons (Fsp3) is 0.211. The Labute approximate surface area is 137 Å². The van der Waals surface area contributed by atoms with Crippen LogP contribution in [0.3, 0.4) is 0 Å². The van der Waals surface area contributed by atoms with Crippen LogP contribution in [0.5, 0.6) is 5.75 Å². The van der Waals surface area contributed by atoms with Crippen LogP contribution in [0.25, 0.3) is 22.1 Å². The van der Waals surface area contributed by atoms with E-state index in [1.165, 1.54) is 30.3 Å². The van der Waals surface area contributed by atoms with E-state index >= 15 is 0 Å². The second kappa shape index (κ2) is 5.76. The van der Waals surface area contributed by atoms with Crippen LogP contribution in [-0.4, -0.2) is 11.7 Å². The van der Waals surface area contributed by atoms with E-state index in [0.29, 0.717) is 34.5 Å². The van der Waals surface area contributed by atoms with Crippen LogP contribution in [0.4, 0.5) is 4.39 Å². The van der Waals surface area contributed by atoms with Crippen LogP contribution in [0, 0.1) is 5.82 Å². The maximum atomic E-state index is 13.2. The molecule has 5 heteroatoms. The first-order valence-electron chi connectivity index (χ1n) is 7.81. The van der Waals surface area contributed by atoms with Crippen LogP contribution < -0.4 is 5.43 Å². The molecule has 0 radical (unpaired) electrons. The summed E-state index contributed by atoms with van der Waals surface area (Å²) in [6.45, 7) is 0.606. The third kappa shape index (κ3) is 2.47. The Hall–Kier alpha value is -2.66. The van der Waals surface area contributed by atoms with Crippen molar-refractivity contribution in [1.82, 2.24) is 0 Å². The lowest BCUT2D eigenvalue weighted by atomic mass is 9.98. The van der Waals surface area contributed by atoms with Gasteiger partial charge in [0, 0.05) is 12.7 Å². The van der Waals surface area contributed by atoms with Crippen molar-refractivity contribution < 1.29 is 18.7 Å². The van der Waals surface area contributed by atoms with E-state index in [-0.39, 0.29) is 23.1 Å². The monoisotopic (exact) mass is 326 g/mol. The predicted octanol–water partition coefficient (Wildman–Crippen LogP) is 4.16. The minimum absolute atomic E-state index is 0.0264. The Balaban J connectivity index is 2.03. The molecule has 4 rings (SSSR count). The molecule has 0 spiro atoms. The summed E-state index contributed by atoms with van der Waals surface area (Å²) in [5, 5.41) is 10.0. The normalized spacial score (nSPS) is 17.5. The molecule has 2 heterocycles. The summed E-state index contributed by atoms with van der Waals surface area (Å²) in [6.07, 6.45) is 1.32. The Morgan fingerprint density at radius 2 is 1.92 bits per heavy atom. The molecule has 0 bridgehead atoms. The van der Waals surface area contributed by atoms with Crippen molar-refractivity contribution in [2.45, 2.75) is 18.9 Å². The van der Waals surface area contributed by atoms with E-state index < -0.39 is 0 Å². The third-order valence-corrected chi connectivity index (χ3v) is 4.26. The van der Waals surface area contributed by atoms with Gasteiger partial charge in [-0.25, -0.2) is 4.39 Å². The SMILES string of the molecule is O=c1c(-c2ccc(F)cc2)c(C2CCCO2)oc2cc(O)ccc12. The molecule has 122 valence electrons. The topological polar surface area (TPSA) is 59.7 Å². The lowest BCUT2D eigenvalue weighted by molar-refractivity contribution is 0.0946. The molecule has 1 unspecified atom stereocenters. The number of phenols is 1. The smallest absolute Gasteiger partial charge is 0.200 e. The number of ether oxygens (including phenoxy) is 1. The minimum Gasteiger partial charge on any atom is -0.508 e. The molecule has 1 aliphatic heterocycles. The fourth-order valence-corrected chi connectivity index (χ4v) is 3.10. The van der Waals surface area contributed by atoms with E-state index in [4.69, 9.17) is 9.15 Å². The fourth-order valence-electron chi connectivity index (χ4n) is 3.10. The number of aromatic hydroxyl groups is 1. The number of hydrogen-bond acceptors (Lipinski definition) is 4. The summed E-state index contributed by atoms with van der Waals surface area (Å²) in [5.74, 6) is 0.0909. The molecule has 0 amide bonds. The summed E-state index contributed by atoms with van der Waals surface area (Å²) >= 11 is 0. The number of fused-ring (bicyclic) bond motifs is 1. The third-order valence-electron chi connectivity index (χ3n) is 4.26. The van der Waals surface area contributed by atoms with Gasteiger partial charge >= 0.3 is 0 Å². The van der Waals surface area contributed by atoms with Crippen molar-refractivity contribution in [3.05, 3.63) is 64.3 Å². The average molecular weight is 326 g/mol. The summed E-state index contributed by atoms with van der Waals surface area (Å²) < 4.78 is 24.9. The second-order valence-electron chi connectivity index (χ2n) is 5.86. The zero-order valence-electron chi connectivity index (χ0n) is 12.8. The van der Waals surface area contributed by atoms with Crippen LogP contribution >= 0.6 is 0 Å². The van der Waals surface area contributed by atoms with Crippen LogP contribution in [-0.2, 0) is 4.74 Å². The first-order valence-corrected chi connectivity index (χ1v) is 7.81. The van der Waals surface area contributed by atoms with E-state index in [2.05, 4.69) is 0 Å². The lowest BCUT2D eigenvalue weighted by Crippen LogP contribution is -2.11. The van der Waals surface area contributed by atoms with Gasteiger partial charge in [-0.2, -0.15) is 0 Å². The summed E-state index contributed by atoms with van der Waals surface area (Å²) in [4.78, 5) is 13.0. The van der Waals surface area contributed by atoms with Gasteiger partial charge < -0.3 is 14.3 Å². The molecule has 1 aliphatic rings. The van der Waals surface area contributed by atoms with Gasteiger partial charge in [0.1, 0.15) is 29.0 Å². The highest BCUT2D eigenvalue weighted by molar-refractivity contribution is 5.84. The molecular weight excluding hydrogens is 311 g/mol. The summed E-state index contributed by atoms with van der Waals surface area (Å²) in [6, 6.07) is 10.1. The summed E-state index contributed by atoms with van der Waals surface area (Å²) in [5.41, 5.74) is 1.08. The van der Waals surface area contributed by atoms with E-state index in [1.807, 2.05) is 0 Å². The largest absolute Gasteiger partial charge is 0.508 e. The van der Waals surface area contributed by atoms with Gasteiger partial charge in [-0.15, -0.1) is 0 Å². The summed E-state index contributed by atoms with van der Waals surface area (Å²) in [7, 11) is 0. The minimum atomic E-state index is -0.368. The lowest BCUT2D eigenvalue weighted by Gasteiger charge is -2.15. The van der Waals surface area contributed by atoms with E-state index in [9.17, 15) is 14.3 Å². The van der Waals surface area contributed by atoms with Crippen molar-refractivity contribution in [3.8, 4) is 16.9 Å². The van der Waals surface area contributed by atoms with Crippen LogP contribution in [0.2, 0.25) is 0 Å². The average Bonchev–Trinajstić information content (AvgIpc) is 3.10. The van der Waals surface area contributed by atoms with Gasteiger partial charge in [-0.05, 0) is 42.7 Å². The molecule has 24 heavy (non-hydrogen) atoms. The van der Waals surface area contributed by atoms with Gasteiger partial charge in [-0.1, -0.05) is 12.1 Å². The Morgan fingerprint density at radius 1 is 1.12 bits per heavy atom. The van der Waals surface area contributed by atoms with Gasteiger partial charge in [0.15, 0.2) is 0 Å². The predicted molar refractivity (Wildman–Crippen MR) is 87.5 cm³/mol. The number of phenolic OH excluding ortho intramolecular Hbond substituents is 1. The standard InChI is InChI=1S/C19H15FO4/c20-12-5-3-11(4-6-12)17-18(22)14-8-7-13(21)10-16(14)24-19(17)15-2-1-9-23-15/h3-8,10,15,21H,1-2,9H2. The Kier molecular flexibility index (Phi) is 3.58. The zero-order valence-corrected chi connectivity index (χ0v) is 12.8. The molecule has 1 N–H and O–H groups in total. The van der Waals surface area contributed by atoms with Gasteiger partial charge in [0.05, 0.1) is 10.9 Å². The van der Waals surface area contributed by atoms with Gasteiger partial charge in [0.25, 0.3) is 0 Å². The highest BCUT2D eigenvalue weighted by Gasteiger charge is 2.27. The molecular formula is C19H15FO4. The van der Waals surface area contributed by atoms with Crippen molar-refractivity contribution in [2.75, 3.05) is 6.61 Å². The van der Waals surface area contributed by atoms with Crippen molar-refractivity contribution in [1.29, 1.82) is 0 Å². The molecule has 1 fully saturated rings. The molecule has 1 aromatic heterocycles. The maximum Gasteiger partial charge on any atom is 0.200 e. The zero-order chi connectivity index (χ0) is 16.7. The van der Waals surface area contributed by atoms with Gasteiger partial charge in [-0.3, -0.25) is 4.79 Å². The first-order chi connectivity index (χ1) is 11.6. The first kappa shape index (κ1) is 14.9. The maximum absolute atomic E-state index is 13.2. The molecule has 2 aromatic carbocycles. The Morgan fingerprint density at radius 3 is 2.62 bits per heavy atom. The van der Waals surface area contributed by atoms with E-state index in [1.54, 1.807) is 12.1 Å². The molecule has 0 saturated carbocycles. The highest BCUT2D eigenvalue weighted by atomic mass is 19.1. The number of rotatable bonds is 2. The van der Waals surface area contributed by atoms with Crippen LogP contribution in [0.1, 0.15) is 24.7 Å².